The van der Waals surface area contributed by atoms with Crippen molar-refractivity contribution in [2.24, 2.45) is 0 Å². The molecule has 1 aliphatic heterocycles. The number of nitrogens with one attached hydrogen (secondary N) is 1. The number of aromatic nitrogens is 1. The second-order valence-corrected chi connectivity index (χ2v) is 7.22. The van der Waals surface area contributed by atoms with Crippen molar-refractivity contribution in [2.45, 2.75) is 6.42 Å². The zero-order valence-corrected chi connectivity index (χ0v) is 15.5. The van der Waals surface area contributed by atoms with Gasteiger partial charge in [-0.3, -0.25) is 0 Å². The summed E-state index contributed by atoms with van der Waals surface area (Å²) in [6, 6.07) is 23.0. The highest BCUT2D eigenvalue weighted by Gasteiger charge is 2.19. The van der Waals surface area contributed by atoms with Crippen molar-refractivity contribution in [2.75, 3.05) is 6.79 Å². The number of benzene rings is 3. The maximum absolute atomic E-state index is 5.56. The van der Waals surface area contributed by atoms with Gasteiger partial charge in [-0.25, -0.2) is 0 Å². The number of H-pyrrole nitrogens is 1. The van der Waals surface area contributed by atoms with Gasteiger partial charge in [-0.05, 0) is 34.9 Å². The summed E-state index contributed by atoms with van der Waals surface area (Å²) in [6.07, 6.45) is 0.797. The Labute approximate surface area is 159 Å². The molecule has 0 unspecified atom stereocenters. The predicted octanol–water partition coefficient (Wildman–Crippen LogP) is 5.92. The SMILES string of the molecule is Brc1cc2c(cc1Cc1c(-c3ccccc3)[nH]c3ccccc13)OCO2. The summed E-state index contributed by atoms with van der Waals surface area (Å²) in [5.74, 6) is 1.60. The van der Waals surface area contributed by atoms with Crippen LogP contribution in [0.4, 0.5) is 0 Å². The number of aromatic amines is 1. The number of hydrogen-bond acceptors (Lipinski definition) is 2. The minimum absolute atomic E-state index is 0.285. The quantitative estimate of drug-likeness (QED) is 0.459. The van der Waals surface area contributed by atoms with Crippen molar-refractivity contribution in [1.29, 1.82) is 0 Å². The third-order valence-electron chi connectivity index (χ3n) is 4.78. The van der Waals surface area contributed by atoms with Crippen LogP contribution in [0, 0.1) is 0 Å². The lowest BCUT2D eigenvalue weighted by molar-refractivity contribution is 0.174. The summed E-state index contributed by atoms with van der Waals surface area (Å²) < 4.78 is 12.1. The molecule has 0 radical (unpaired) electrons. The van der Waals surface area contributed by atoms with E-state index in [-0.39, 0.29) is 6.79 Å². The third kappa shape index (κ3) is 2.58. The van der Waals surface area contributed by atoms with Crippen LogP contribution in [0.25, 0.3) is 22.2 Å². The summed E-state index contributed by atoms with van der Waals surface area (Å²) in [4.78, 5) is 3.60. The number of rotatable bonds is 3. The van der Waals surface area contributed by atoms with Gasteiger partial charge >= 0.3 is 0 Å². The average Bonchev–Trinajstić information content (AvgIpc) is 3.27. The van der Waals surface area contributed by atoms with E-state index in [1.165, 1.54) is 22.1 Å². The van der Waals surface area contributed by atoms with Crippen LogP contribution in [0.2, 0.25) is 0 Å². The van der Waals surface area contributed by atoms with Crippen molar-refractivity contribution >= 4 is 26.8 Å². The molecule has 0 saturated carbocycles. The topological polar surface area (TPSA) is 34.2 Å². The van der Waals surface area contributed by atoms with E-state index >= 15 is 0 Å². The Balaban J connectivity index is 1.67. The van der Waals surface area contributed by atoms with Crippen molar-refractivity contribution in [3.63, 3.8) is 0 Å². The van der Waals surface area contributed by atoms with Gasteiger partial charge in [0.25, 0.3) is 0 Å². The first-order chi connectivity index (χ1) is 12.8. The highest BCUT2D eigenvalue weighted by atomic mass is 79.9. The first kappa shape index (κ1) is 15.5. The molecule has 26 heavy (non-hydrogen) atoms. The summed E-state index contributed by atoms with van der Waals surface area (Å²) >= 11 is 3.69. The third-order valence-corrected chi connectivity index (χ3v) is 5.52. The van der Waals surface area contributed by atoms with Gasteiger partial charge in [-0.15, -0.1) is 0 Å². The number of halogens is 1. The number of ether oxygens (including phenoxy) is 2. The summed E-state index contributed by atoms with van der Waals surface area (Å²) in [6.45, 7) is 0.285. The molecule has 0 bridgehead atoms. The van der Waals surface area contributed by atoms with Crippen molar-refractivity contribution in [1.82, 2.24) is 4.98 Å². The molecule has 3 nitrogen and oxygen atoms in total. The Morgan fingerprint density at radius 3 is 2.46 bits per heavy atom. The minimum atomic E-state index is 0.285. The first-order valence-corrected chi connectivity index (χ1v) is 9.32. The highest BCUT2D eigenvalue weighted by molar-refractivity contribution is 9.10. The molecule has 4 heteroatoms. The molecule has 0 fully saturated rings. The molecule has 0 spiro atoms. The van der Waals surface area contributed by atoms with Crippen LogP contribution < -0.4 is 9.47 Å². The van der Waals surface area contributed by atoms with Gasteiger partial charge in [0.15, 0.2) is 11.5 Å². The fraction of sp³-hybridized carbons (Fsp3) is 0.0909. The van der Waals surface area contributed by atoms with Crippen LogP contribution in [0.1, 0.15) is 11.1 Å². The Hall–Kier alpha value is -2.72. The fourth-order valence-electron chi connectivity index (χ4n) is 3.52. The Bertz CT molecular complexity index is 1100. The average molecular weight is 406 g/mol. The Kier molecular flexibility index (Phi) is 3.71. The van der Waals surface area contributed by atoms with E-state index in [0.29, 0.717) is 0 Å². The molecule has 0 atom stereocenters. The molecule has 0 aliphatic carbocycles. The lowest BCUT2D eigenvalue weighted by Crippen LogP contribution is -1.93. The number of hydrogen-bond donors (Lipinski definition) is 1. The highest BCUT2D eigenvalue weighted by Crippen LogP contribution is 2.39. The van der Waals surface area contributed by atoms with E-state index < -0.39 is 0 Å². The molecule has 128 valence electrons. The lowest BCUT2D eigenvalue weighted by atomic mass is 9.98. The molecular weight excluding hydrogens is 390 g/mol. The van der Waals surface area contributed by atoms with Gasteiger partial charge < -0.3 is 14.5 Å². The van der Waals surface area contributed by atoms with E-state index in [0.717, 1.165) is 33.6 Å². The Morgan fingerprint density at radius 1 is 0.885 bits per heavy atom. The molecule has 5 rings (SSSR count). The van der Waals surface area contributed by atoms with Crippen LogP contribution in [-0.4, -0.2) is 11.8 Å². The van der Waals surface area contributed by atoms with Crippen LogP contribution in [0.3, 0.4) is 0 Å². The lowest BCUT2D eigenvalue weighted by Gasteiger charge is -2.09. The van der Waals surface area contributed by atoms with Crippen LogP contribution >= 0.6 is 15.9 Å². The van der Waals surface area contributed by atoms with Gasteiger partial charge in [-0.1, -0.05) is 64.5 Å². The van der Waals surface area contributed by atoms with Crippen LogP contribution in [-0.2, 0) is 6.42 Å². The fourth-order valence-corrected chi connectivity index (χ4v) is 3.98. The molecule has 2 heterocycles. The van der Waals surface area contributed by atoms with Crippen molar-refractivity contribution in [3.8, 4) is 22.8 Å². The number of fused-ring (bicyclic) bond motifs is 2. The van der Waals surface area contributed by atoms with Crippen LogP contribution in [0.5, 0.6) is 11.5 Å². The monoisotopic (exact) mass is 405 g/mol. The second kappa shape index (κ2) is 6.22. The van der Waals surface area contributed by atoms with E-state index in [9.17, 15) is 0 Å². The first-order valence-electron chi connectivity index (χ1n) is 8.52. The van der Waals surface area contributed by atoms with Crippen LogP contribution in [0.15, 0.2) is 71.2 Å². The van der Waals surface area contributed by atoms with Gasteiger partial charge in [0.2, 0.25) is 6.79 Å². The summed E-state index contributed by atoms with van der Waals surface area (Å²) in [7, 11) is 0. The number of para-hydroxylation sites is 1. The molecule has 1 N–H and O–H groups in total. The Morgan fingerprint density at radius 2 is 1.62 bits per heavy atom. The molecule has 1 aliphatic rings. The van der Waals surface area contributed by atoms with Gasteiger partial charge in [0, 0.05) is 21.8 Å². The zero-order chi connectivity index (χ0) is 17.5. The van der Waals surface area contributed by atoms with E-state index in [1.807, 2.05) is 12.1 Å². The summed E-state index contributed by atoms with van der Waals surface area (Å²) in [5, 5.41) is 1.25. The van der Waals surface area contributed by atoms with Crippen molar-refractivity contribution < 1.29 is 9.47 Å². The molecule has 1 aromatic heterocycles. The molecular formula is C22H16BrNO2. The largest absolute Gasteiger partial charge is 0.454 e. The van der Waals surface area contributed by atoms with Gasteiger partial charge in [-0.2, -0.15) is 0 Å². The molecule has 0 amide bonds. The van der Waals surface area contributed by atoms with E-state index in [1.54, 1.807) is 0 Å². The zero-order valence-electron chi connectivity index (χ0n) is 14.0. The minimum Gasteiger partial charge on any atom is -0.454 e. The predicted molar refractivity (Wildman–Crippen MR) is 107 cm³/mol. The smallest absolute Gasteiger partial charge is 0.231 e. The summed E-state index contributed by atoms with van der Waals surface area (Å²) in [5.41, 5.74) is 5.97. The maximum Gasteiger partial charge on any atom is 0.231 e. The maximum atomic E-state index is 5.56. The normalized spacial score (nSPS) is 12.7. The van der Waals surface area contributed by atoms with Gasteiger partial charge in [0.05, 0.1) is 5.69 Å². The second-order valence-electron chi connectivity index (χ2n) is 6.36. The molecule has 0 saturated heterocycles. The van der Waals surface area contributed by atoms with E-state index in [4.69, 9.17) is 9.47 Å². The molecule has 3 aromatic carbocycles. The molecule has 4 aromatic rings. The van der Waals surface area contributed by atoms with Gasteiger partial charge in [0.1, 0.15) is 0 Å². The van der Waals surface area contributed by atoms with Crippen molar-refractivity contribution in [3.05, 3.63) is 82.3 Å². The standard InChI is InChI=1S/C22H16BrNO2/c23-18-12-21-20(25-13-26-21)11-15(18)10-17-16-8-4-5-9-19(16)24-22(17)14-6-2-1-3-7-14/h1-9,11-12,24H,10,13H2. The van der Waals surface area contributed by atoms with E-state index in [2.05, 4.69) is 75.5 Å².